The molecular weight excluding hydrogens is 364 g/mol. The van der Waals surface area contributed by atoms with Crippen molar-refractivity contribution in [3.05, 3.63) is 77.9 Å². The molecule has 1 heterocycles. The molecule has 0 bridgehead atoms. The first-order valence-electron chi connectivity index (χ1n) is 8.44. The van der Waals surface area contributed by atoms with Gasteiger partial charge < -0.3 is 15.0 Å². The summed E-state index contributed by atoms with van der Waals surface area (Å²) in [5.41, 5.74) is 2.32. The minimum Gasteiger partial charge on any atom is -0.497 e. The summed E-state index contributed by atoms with van der Waals surface area (Å²) in [7, 11) is 1.42. The van der Waals surface area contributed by atoms with Crippen LogP contribution in [0, 0.1) is 11.6 Å². The third kappa shape index (κ3) is 3.42. The molecule has 0 fully saturated rings. The van der Waals surface area contributed by atoms with Crippen molar-refractivity contribution in [2.75, 3.05) is 12.4 Å². The number of hydrogen-bond donors (Lipinski definition) is 2. The van der Waals surface area contributed by atoms with Gasteiger partial charge in [0.25, 0.3) is 5.91 Å². The van der Waals surface area contributed by atoms with Crippen LogP contribution < -0.4 is 10.1 Å². The molecule has 0 aliphatic heterocycles. The second-order valence-corrected chi connectivity index (χ2v) is 6.13. The van der Waals surface area contributed by atoms with E-state index in [1.54, 1.807) is 30.3 Å². The molecule has 4 rings (SSSR count). The molecule has 28 heavy (non-hydrogen) atoms. The molecule has 1 amide bonds. The minimum atomic E-state index is -0.673. The van der Waals surface area contributed by atoms with Crippen LogP contribution in [0.5, 0.6) is 5.75 Å². The van der Waals surface area contributed by atoms with Gasteiger partial charge >= 0.3 is 0 Å². The fourth-order valence-corrected chi connectivity index (χ4v) is 2.87. The fourth-order valence-electron chi connectivity index (χ4n) is 2.87. The lowest BCUT2D eigenvalue weighted by Gasteiger charge is -2.07. The molecule has 0 radical (unpaired) electrons. The molecule has 0 saturated carbocycles. The lowest BCUT2D eigenvalue weighted by molar-refractivity contribution is 0.102. The number of methoxy groups -OCH3 is 1. The van der Waals surface area contributed by atoms with Gasteiger partial charge in [-0.2, -0.15) is 0 Å². The van der Waals surface area contributed by atoms with E-state index in [0.29, 0.717) is 33.9 Å². The SMILES string of the molecule is COc1ccc(C(=O)Nc2ccc3nc(-c4cccc(F)c4)[nH]c3c2)c(F)c1. The zero-order chi connectivity index (χ0) is 19.7. The number of anilines is 1. The smallest absolute Gasteiger partial charge is 0.258 e. The Hall–Kier alpha value is -3.74. The summed E-state index contributed by atoms with van der Waals surface area (Å²) in [5.74, 6) is -0.762. The molecule has 7 heteroatoms. The maximum Gasteiger partial charge on any atom is 0.258 e. The summed E-state index contributed by atoms with van der Waals surface area (Å²) in [6.45, 7) is 0. The summed E-state index contributed by atoms with van der Waals surface area (Å²) in [5, 5.41) is 2.66. The number of nitrogens with zero attached hydrogens (tertiary/aromatic N) is 1. The van der Waals surface area contributed by atoms with Crippen molar-refractivity contribution in [3.8, 4) is 17.1 Å². The predicted octanol–water partition coefficient (Wildman–Crippen LogP) is 4.77. The number of halogens is 2. The van der Waals surface area contributed by atoms with E-state index in [0.717, 1.165) is 6.07 Å². The maximum atomic E-state index is 14.1. The lowest BCUT2D eigenvalue weighted by Crippen LogP contribution is -2.13. The van der Waals surface area contributed by atoms with Crippen molar-refractivity contribution in [1.29, 1.82) is 0 Å². The van der Waals surface area contributed by atoms with E-state index in [2.05, 4.69) is 15.3 Å². The van der Waals surface area contributed by atoms with Crippen molar-refractivity contribution >= 4 is 22.6 Å². The Morgan fingerprint density at radius 1 is 1.07 bits per heavy atom. The van der Waals surface area contributed by atoms with Gasteiger partial charge in [0.15, 0.2) is 0 Å². The quantitative estimate of drug-likeness (QED) is 0.537. The van der Waals surface area contributed by atoms with E-state index >= 15 is 0 Å². The molecule has 0 spiro atoms. The van der Waals surface area contributed by atoms with Crippen LogP contribution >= 0.6 is 0 Å². The molecule has 5 nitrogen and oxygen atoms in total. The molecule has 0 unspecified atom stereocenters. The minimum absolute atomic E-state index is 0.0917. The van der Waals surface area contributed by atoms with E-state index < -0.39 is 11.7 Å². The molecule has 0 aliphatic rings. The van der Waals surface area contributed by atoms with Gasteiger partial charge in [0.1, 0.15) is 23.2 Å². The summed E-state index contributed by atoms with van der Waals surface area (Å²) >= 11 is 0. The summed E-state index contributed by atoms with van der Waals surface area (Å²) in [6, 6.07) is 15.2. The Kier molecular flexibility index (Phi) is 4.49. The van der Waals surface area contributed by atoms with Crippen LogP contribution in [0.3, 0.4) is 0 Å². The van der Waals surface area contributed by atoms with Crippen LogP contribution in [-0.2, 0) is 0 Å². The number of nitrogens with one attached hydrogen (secondary N) is 2. The maximum absolute atomic E-state index is 14.1. The van der Waals surface area contributed by atoms with Crippen molar-refractivity contribution < 1.29 is 18.3 Å². The molecule has 4 aromatic rings. The number of H-pyrrole nitrogens is 1. The summed E-state index contributed by atoms with van der Waals surface area (Å²) in [6.07, 6.45) is 0. The highest BCUT2D eigenvalue weighted by Gasteiger charge is 2.14. The highest BCUT2D eigenvalue weighted by molar-refractivity contribution is 6.05. The first kappa shape index (κ1) is 17.7. The molecule has 0 aliphatic carbocycles. The Morgan fingerprint density at radius 2 is 1.93 bits per heavy atom. The van der Waals surface area contributed by atoms with Crippen LogP contribution in [0.1, 0.15) is 10.4 Å². The summed E-state index contributed by atoms with van der Waals surface area (Å²) < 4.78 is 32.4. The first-order chi connectivity index (χ1) is 13.5. The Labute approximate surface area is 159 Å². The van der Waals surface area contributed by atoms with Gasteiger partial charge in [-0.15, -0.1) is 0 Å². The van der Waals surface area contributed by atoms with Crippen LogP contribution in [0.2, 0.25) is 0 Å². The average molecular weight is 379 g/mol. The van der Waals surface area contributed by atoms with E-state index in [9.17, 15) is 13.6 Å². The van der Waals surface area contributed by atoms with Crippen molar-refractivity contribution in [1.82, 2.24) is 9.97 Å². The van der Waals surface area contributed by atoms with Crippen molar-refractivity contribution in [3.63, 3.8) is 0 Å². The Bertz CT molecular complexity index is 1190. The second kappa shape index (κ2) is 7.11. The first-order valence-corrected chi connectivity index (χ1v) is 8.44. The second-order valence-electron chi connectivity index (χ2n) is 6.13. The van der Waals surface area contributed by atoms with Gasteiger partial charge in [-0.1, -0.05) is 12.1 Å². The zero-order valence-electron chi connectivity index (χ0n) is 14.8. The molecule has 0 saturated heterocycles. The lowest BCUT2D eigenvalue weighted by atomic mass is 10.2. The van der Waals surface area contributed by atoms with Gasteiger partial charge in [-0.3, -0.25) is 4.79 Å². The number of fused-ring (bicyclic) bond motifs is 1. The summed E-state index contributed by atoms with van der Waals surface area (Å²) in [4.78, 5) is 19.9. The van der Waals surface area contributed by atoms with Crippen LogP contribution in [-0.4, -0.2) is 23.0 Å². The molecular formula is C21H15F2N3O2. The van der Waals surface area contributed by atoms with Crippen molar-refractivity contribution in [2.45, 2.75) is 0 Å². The van der Waals surface area contributed by atoms with Gasteiger partial charge in [-0.25, -0.2) is 13.8 Å². The molecule has 2 N–H and O–H groups in total. The van der Waals surface area contributed by atoms with E-state index in [-0.39, 0.29) is 11.4 Å². The Balaban J connectivity index is 1.60. The third-order valence-electron chi connectivity index (χ3n) is 4.26. The van der Waals surface area contributed by atoms with E-state index in [1.165, 1.54) is 31.4 Å². The number of amides is 1. The monoisotopic (exact) mass is 379 g/mol. The number of carbonyl (C=O) groups excluding carboxylic acids is 1. The molecule has 1 aromatic heterocycles. The van der Waals surface area contributed by atoms with Crippen LogP contribution in [0.25, 0.3) is 22.4 Å². The van der Waals surface area contributed by atoms with Crippen LogP contribution in [0.15, 0.2) is 60.7 Å². The fraction of sp³-hybridized carbons (Fsp3) is 0.0476. The number of aromatic nitrogens is 2. The van der Waals surface area contributed by atoms with Gasteiger partial charge in [0, 0.05) is 17.3 Å². The topological polar surface area (TPSA) is 67.0 Å². The number of hydrogen-bond acceptors (Lipinski definition) is 3. The van der Waals surface area contributed by atoms with Crippen molar-refractivity contribution in [2.24, 2.45) is 0 Å². The largest absolute Gasteiger partial charge is 0.497 e. The molecule has 0 atom stereocenters. The number of carbonyl (C=O) groups is 1. The Morgan fingerprint density at radius 3 is 2.68 bits per heavy atom. The molecule has 140 valence electrons. The van der Waals surface area contributed by atoms with Crippen LogP contribution in [0.4, 0.5) is 14.5 Å². The predicted molar refractivity (Wildman–Crippen MR) is 102 cm³/mol. The zero-order valence-corrected chi connectivity index (χ0v) is 14.8. The van der Waals surface area contributed by atoms with E-state index in [4.69, 9.17) is 4.74 Å². The van der Waals surface area contributed by atoms with Gasteiger partial charge in [0.2, 0.25) is 0 Å². The number of imidazole rings is 1. The highest BCUT2D eigenvalue weighted by atomic mass is 19.1. The standard InChI is InChI=1S/C21H15F2N3O2/c1-28-15-6-7-16(17(23)11-15)21(27)24-14-5-8-18-19(10-14)26-20(25-18)12-3-2-4-13(22)9-12/h2-11H,1H3,(H,24,27)(H,25,26). The van der Waals surface area contributed by atoms with E-state index in [1.807, 2.05) is 0 Å². The average Bonchev–Trinajstić information content (AvgIpc) is 3.11. The van der Waals surface area contributed by atoms with Gasteiger partial charge in [0.05, 0.1) is 23.7 Å². The molecule has 3 aromatic carbocycles. The number of ether oxygens (including phenoxy) is 1. The highest BCUT2D eigenvalue weighted by Crippen LogP contribution is 2.24. The number of rotatable bonds is 4. The number of benzene rings is 3. The number of aromatic amines is 1. The third-order valence-corrected chi connectivity index (χ3v) is 4.26. The normalized spacial score (nSPS) is 10.8. The van der Waals surface area contributed by atoms with Gasteiger partial charge in [-0.05, 0) is 42.5 Å².